The van der Waals surface area contributed by atoms with E-state index in [0.29, 0.717) is 5.92 Å². The van der Waals surface area contributed by atoms with E-state index in [1.165, 1.54) is 50.9 Å². The van der Waals surface area contributed by atoms with Crippen molar-refractivity contribution in [2.75, 3.05) is 26.2 Å². The molecule has 148 valence electrons. The molecular weight excluding hydrogens is 344 g/mol. The maximum atomic E-state index is 12.3. The van der Waals surface area contributed by atoms with Gasteiger partial charge in [0, 0.05) is 6.54 Å². The van der Waals surface area contributed by atoms with Gasteiger partial charge in [0.05, 0.1) is 5.92 Å². The molecular formula is C22H37ClN2O. The van der Waals surface area contributed by atoms with E-state index in [-0.39, 0.29) is 24.2 Å². The van der Waals surface area contributed by atoms with E-state index in [4.69, 9.17) is 0 Å². The fourth-order valence-corrected chi connectivity index (χ4v) is 3.57. The van der Waals surface area contributed by atoms with Crippen molar-refractivity contribution < 1.29 is 4.79 Å². The van der Waals surface area contributed by atoms with Crippen molar-refractivity contribution in [2.45, 2.75) is 65.2 Å². The first-order valence-electron chi connectivity index (χ1n) is 10.1. The van der Waals surface area contributed by atoms with Gasteiger partial charge in [-0.1, -0.05) is 44.5 Å². The Morgan fingerprint density at radius 3 is 2.31 bits per heavy atom. The summed E-state index contributed by atoms with van der Waals surface area (Å²) in [5.41, 5.74) is 2.46. The van der Waals surface area contributed by atoms with Crippen LogP contribution < -0.4 is 5.32 Å². The van der Waals surface area contributed by atoms with Crippen molar-refractivity contribution in [3.05, 3.63) is 35.4 Å². The highest BCUT2D eigenvalue weighted by atomic mass is 35.5. The second-order valence-electron chi connectivity index (χ2n) is 7.96. The molecule has 1 N–H and O–H groups in total. The number of nitrogens with zero attached hydrogens (tertiary/aromatic N) is 1. The smallest absolute Gasteiger partial charge is 0.227 e. The zero-order valence-corrected chi connectivity index (χ0v) is 17.6. The molecule has 1 amide bonds. The molecule has 4 heteroatoms. The Morgan fingerprint density at radius 2 is 1.69 bits per heavy atom. The van der Waals surface area contributed by atoms with Crippen molar-refractivity contribution in [3.63, 3.8) is 0 Å². The van der Waals surface area contributed by atoms with Gasteiger partial charge < -0.3 is 10.2 Å². The first kappa shape index (κ1) is 23.0. The number of nitrogens with one attached hydrogen (secondary N) is 1. The van der Waals surface area contributed by atoms with Crippen LogP contribution in [0.15, 0.2) is 24.3 Å². The number of piperidine rings is 1. The molecule has 1 aliphatic rings. The number of carbonyl (C=O) groups is 1. The number of hydrogen-bond donors (Lipinski definition) is 1. The van der Waals surface area contributed by atoms with E-state index in [9.17, 15) is 4.79 Å². The number of carbonyl (C=O) groups excluding carboxylic acids is 1. The van der Waals surface area contributed by atoms with Gasteiger partial charge in [-0.2, -0.15) is 0 Å². The molecule has 1 aromatic rings. The zero-order chi connectivity index (χ0) is 18.1. The molecule has 0 aromatic heterocycles. The Bertz CT molecular complexity index is 509. The molecule has 2 rings (SSSR count). The number of likely N-dealkylation sites (tertiary alicyclic amines) is 1. The summed E-state index contributed by atoms with van der Waals surface area (Å²) in [7, 11) is 0. The maximum Gasteiger partial charge on any atom is 0.227 e. The number of rotatable bonds is 9. The molecule has 0 spiro atoms. The third-order valence-corrected chi connectivity index (χ3v) is 5.17. The van der Waals surface area contributed by atoms with Crippen molar-refractivity contribution in [1.82, 2.24) is 10.2 Å². The van der Waals surface area contributed by atoms with Gasteiger partial charge in [-0.05, 0) is 75.7 Å². The molecule has 1 aliphatic heterocycles. The van der Waals surface area contributed by atoms with Crippen LogP contribution in [-0.4, -0.2) is 37.0 Å². The predicted molar refractivity (Wildman–Crippen MR) is 113 cm³/mol. The topological polar surface area (TPSA) is 32.3 Å². The molecule has 0 radical (unpaired) electrons. The van der Waals surface area contributed by atoms with Gasteiger partial charge in [0.1, 0.15) is 0 Å². The molecule has 1 fully saturated rings. The predicted octanol–water partition coefficient (Wildman–Crippen LogP) is 4.79. The van der Waals surface area contributed by atoms with Gasteiger partial charge >= 0.3 is 0 Å². The zero-order valence-electron chi connectivity index (χ0n) is 16.8. The van der Waals surface area contributed by atoms with Crippen LogP contribution in [0.25, 0.3) is 0 Å². The van der Waals surface area contributed by atoms with Crippen molar-refractivity contribution in [1.29, 1.82) is 0 Å². The second kappa shape index (κ2) is 12.3. The summed E-state index contributed by atoms with van der Waals surface area (Å²) in [6.45, 7) is 11.0. The summed E-state index contributed by atoms with van der Waals surface area (Å²) in [6.07, 6.45) is 7.44. The lowest BCUT2D eigenvalue weighted by atomic mass is 9.96. The molecule has 1 atom stereocenters. The minimum Gasteiger partial charge on any atom is -0.356 e. The fraction of sp³-hybridized carbons (Fsp3) is 0.682. The highest BCUT2D eigenvalue weighted by molar-refractivity contribution is 5.85. The molecule has 0 aliphatic carbocycles. The van der Waals surface area contributed by atoms with Gasteiger partial charge in [0.2, 0.25) is 5.91 Å². The van der Waals surface area contributed by atoms with Gasteiger partial charge in [-0.15, -0.1) is 12.4 Å². The van der Waals surface area contributed by atoms with Crippen LogP contribution in [0.4, 0.5) is 0 Å². The van der Waals surface area contributed by atoms with Crippen LogP contribution in [0.5, 0.6) is 0 Å². The van der Waals surface area contributed by atoms with Crippen LogP contribution in [-0.2, 0) is 11.2 Å². The van der Waals surface area contributed by atoms with Gasteiger partial charge in [0.15, 0.2) is 0 Å². The highest BCUT2D eigenvalue weighted by Gasteiger charge is 2.15. The van der Waals surface area contributed by atoms with Crippen LogP contribution >= 0.6 is 12.4 Å². The molecule has 0 unspecified atom stereocenters. The van der Waals surface area contributed by atoms with E-state index in [1.807, 2.05) is 6.92 Å². The van der Waals surface area contributed by atoms with E-state index >= 15 is 0 Å². The Labute approximate surface area is 166 Å². The molecule has 1 saturated heterocycles. The summed E-state index contributed by atoms with van der Waals surface area (Å²) >= 11 is 0. The largest absolute Gasteiger partial charge is 0.356 e. The average Bonchev–Trinajstić information content (AvgIpc) is 2.61. The highest BCUT2D eigenvalue weighted by Crippen LogP contribution is 2.17. The lowest BCUT2D eigenvalue weighted by Gasteiger charge is -2.26. The molecule has 0 bridgehead atoms. The quantitative estimate of drug-likeness (QED) is 0.624. The van der Waals surface area contributed by atoms with Gasteiger partial charge in [0.25, 0.3) is 0 Å². The second-order valence-corrected chi connectivity index (χ2v) is 7.96. The lowest BCUT2D eigenvalue weighted by Crippen LogP contribution is -2.32. The molecule has 1 heterocycles. The number of hydrogen-bond acceptors (Lipinski definition) is 2. The SMILES string of the molecule is CC(C)Cc1ccc([C@H](C)C(=O)NCCCCN2CCCCC2)cc1.Cl. The van der Waals surface area contributed by atoms with E-state index < -0.39 is 0 Å². The molecule has 3 nitrogen and oxygen atoms in total. The minimum absolute atomic E-state index is 0. The molecule has 1 aromatic carbocycles. The van der Waals surface area contributed by atoms with Gasteiger partial charge in [-0.3, -0.25) is 4.79 Å². The van der Waals surface area contributed by atoms with Crippen molar-refractivity contribution in [2.24, 2.45) is 5.92 Å². The summed E-state index contributed by atoms with van der Waals surface area (Å²) < 4.78 is 0. The molecule has 0 saturated carbocycles. The van der Waals surface area contributed by atoms with E-state index in [2.05, 4.69) is 48.3 Å². The summed E-state index contributed by atoms with van der Waals surface area (Å²) in [4.78, 5) is 14.9. The third kappa shape index (κ3) is 8.09. The number of halogens is 1. The summed E-state index contributed by atoms with van der Waals surface area (Å²) in [5, 5.41) is 3.11. The number of unbranched alkanes of at least 4 members (excludes halogenated alkanes) is 1. The average molecular weight is 381 g/mol. The van der Waals surface area contributed by atoms with E-state index in [0.717, 1.165) is 24.9 Å². The van der Waals surface area contributed by atoms with Crippen LogP contribution in [0, 0.1) is 5.92 Å². The lowest BCUT2D eigenvalue weighted by molar-refractivity contribution is -0.122. The van der Waals surface area contributed by atoms with Gasteiger partial charge in [-0.25, -0.2) is 0 Å². The Morgan fingerprint density at radius 1 is 1.04 bits per heavy atom. The monoisotopic (exact) mass is 380 g/mol. The van der Waals surface area contributed by atoms with Crippen LogP contribution in [0.1, 0.15) is 69.9 Å². The molecule has 26 heavy (non-hydrogen) atoms. The number of benzene rings is 1. The van der Waals surface area contributed by atoms with Crippen LogP contribution in [0.2, 0.25) is 0 Å². The number of amides is 1. The first-order valence-corrected chi connectivity index (χ1v) is 10.1. The Balaban J connectivity index is 0.00000338. The van der Waals surface area contributed by atoms with Crippen molar-refractivity contribution >= 4 is 18.3 Å². The normalized spacial score (nSPS) is 16.2. The maximum absolute atomic E-state index is 12.3. The van der Waals surface area contributed by atoms with Crippen molar-refractivity contribution in [3.8, 4) is 0 Å². The third-order valence-electron chi connectivity index (χ3n) is 5.17. The minimum atomic E-state index is -0.0739. The Hall–Kier alpha value is -1.06. The fourth-order valence-electron chi connectivity index (χ4n) is 3.57. The first-order chi connectivity index (χ1) is 12.1. The summed E-state index contributed by atoms with van der Waals surface area (Å²) in [6, 6.07) is 8.55. The van der Waals surface area contributed by atoms with E-state index in [1.54, 1.807) is 0 Å². The summed E-state index contributed by atoms with van der Waals surface area (Å²) in [5.74, 6) is 0.737. The Kier molecular flexibility index (Phi) is 10.9. The van der Waals surface area contributed by atoms with Crippen LogP contribution in [0.3, 0.4) is 0 Å². The standard InChI is InChI=1S/C22H36N2O.ClH/c1-18(2)17-20-9-11-21(12-10-20)19(3)22(25)23-13-5-8-16-24-14-6-4-7-15-24;/h9-12,18-19H,4-8,13-17H2,1-3H3,(H,23,25);1H/t19-;/m0./s1.